The maximum atomic E-state index is 3.25. The zero-order valence-corrected chi connectivity index (χ0v) is 7.43. The zero-order valence-electron chi connectivity index (χ0n) is 7.43. The highest BCUT2D eigenvalue weighted by Gasteiger charge is 2.03. The fourth-order valence-electron chi connectivity index (χ4n) is 1.32. The van der Waals surface area contributed by atoms with Crippen molar-refractivity contribution in [1.82, 2.24) is 4.98 Å². The van der Waals surface area contributed by atoms with Crippen LogP contribution in [-0.2, 0) is 0 Å². The molecule has 1 rings (SSSR count). The highest BCUT2D eigenvalue weighted by atomic mass is 14.7. The molecular formula is C10H17N. The summed E-state index contributed by atoms with van der Waals surface area (Å²) < 4.78 is 0. The average molecular weight is 151 g/mol. The summed E-state index contributed by atoms with van der Waals surface area (Å²) in [5, 5.41) is 0. The summed E-state index contributed by atoms with van der Waals surface area (Å²) in [5.41, 5.74) is 1.37. The molecule has 1 nitrogen and oxygen atoms in total. The predicted molar refractivity (Wildman–Crippen MR) is 48.7 cm³/mol. The van der Waals surface area contributed by atoms with Crippen molar-refractivity contribution in [3.8, 4) is 0 Å². The Hall–Kier alpha value is -0.720. The Labute approximate surface area is 68.8 Å². The van der Waals surface area contributed by atoms with Crippen LogP contribution in [0.15, 0.2) is 18.3 Å². The molecule has 1 aromatic rings. The molecule has 0 saturated heterocycles. The van der Waals surface area contributed by atoms with Gasteiger partial charge in [-0.2, -0.15) is 0 Å². The summed E-state index contributed by atoms with van der Waals surface area (Å²) in [6, 6.07) is 4.23. The largest absolute Gasteiger partial charge is 0.365 e. The quantitative estimate of drug-likeness (QED) is 0.679. The molecule has 0 aliphatic heterocycles. The highest BCUT2D eigenvalue weighted by molar-refractivity contribution is 5.08. The Morgan fingerprint density at radius 2 is 2.36 bits per heavy atom. The van der Waals surface area contributed by atoms with Gasteiger partial charge in [-0.25, -0.2) is 0 Å². The van der Waals surface area contributed by atoms with Gasteiger partial charge in [0, 0.05) is 11.9 Å². The summed E-state index contributed by atoms with van der Waals surface area (Å²) in [4.78, 5) is 3.25. The van der Waals surface area contributed by atoms with Crippen molar-refractivity contribution in [2.24, 2.45) is 0 Å². The Morgan fingerprint density at radius 1 is 1.55 bits per heavy atom. The van der Waals surface area contributed by atoms with Crippen LogP contribution in [0.25, 0.3) is 0 Å². The zero-order chi connectivity index (χ0) is 8.10. The van der Waals surface area contributed by atoms with Gasteiger partial charge in [-0.15, -0.1) is 0 Å². The number of rotatable bonds is 4. The molecule has 0 aliphatic carbocycles. The second kappa shape index (κ2) is 4.22. The summed E-state index contributed by atoms with van der Waals surface area (Å²) in [7, 11) is 0. The van der Waals surface area contributed by atoms with Gasteiger partial charge in [-0.05, 0) is 24.5 Å². The second-order valence-electron chi connectivity index (χ2n) is 3.17. The summed E-state index contributed by atoms with van der Waals surface area (Å²) in [6.45, 7) is 4.52. The van der Waals surface area contributed by atoms with Crippen LogP contribution in [0, 0.1) is 0 Å². The molecule has 0 aliphatic rings. The van der Waals surface area contributed by atoms with E-state index in [1.807, 2.05) is 6.20 Å². The van der Waals surface area contributed by atoms with E-state index >= 15 is 0 Å². The molecule has 0 amide bonds. The van der Waals surface area contributed by atoms with E-state index in [4.69, 9.17) is 0 Å². The van der Waals surface area contributed by atoms with Crippen molar-refractivity contribution in [1.29, 1.82) is 0 Å². The predicted octanol–water partition coefficient (Wildman–Crippen LogP) is 3.31. The van der Waals surface area contributed by atoms with E-state index in [1.54, 1.807) is 0 Å². The lowest BCUT2D eigenvalue weighted by molar-refractivity contribution is 0.614. The number of aromatic amines is 1. The monoisotopic (exact) mass is 151 g/mol. The molecule has 1 unspecified atom stereocenters. The van der Waals surface area contributed by atoms with Crippen LogP contribution >= 0.6 is 0 Å². The molecule has 0 aromatic carbocycles. The van der Waals surface area contributed by atoms with Gasteiger partial charge in [0.15, 0.2) is 0 Å². The van der Waals surface area contributed by atoms with Crippen molar-refractivity contribution < 1.29 is 0 Å². The SMILES string of the molecule is CCCCC(C)c1ccc[nH]1. The van der Waals surface area contributed by atoms with Crippen molar-refractivity contribution in [2.45, 2.75) is 39.0 Å². The molecule has 1 aromatic heterocycles. The molecule has 1 heteroatoms. The first kappa shape index (κ1) is 8.38. The maximum absolute atomic E-state index is 3.25. The van der Waals surface area contributed by atoms with Crippen LogP contribution in [0.1, 0.15) is 44.7 Å². The first-order valence-corrected chi connectivity index (χ1v) is 4.48. The fraction of sp³-hybridized carbons (Fsp3) is 0.600. The topological polar surface area (TPSA) is 15.8 Å². The van der Waals surface area contributed by atoms with E-state index in [9.17, 15) is 0 Å². The van der Waals surface area contributed by atoms with Crippen molar-refractivity contribution >= 4 is 0 Å². The highest BCUT2D eigenvalue weighted by Crippen LogP contribution is 2.18. The van der Waals surface area contributed by atoms with E-state index < -0.39 is 0 Å². The number of aromatic nitrogens is 1. The van der Waals surface area contributed by atoms with Crippen LogP contribution in [0.2, 0.25) is 0 Å². The van der Waals surface area contributed by atoms with Gasteiger partial charge in [-0.1, -0.05) is 26.7 Å². The fourth-order valence-corrected chi connectivity index (χ4v) is 1.32. The standard InChI is InChI=1S/C10H17N/c1-3-4-6-9(2)10-7-5-8-11-10/h5,7-9,11H,3-4,6H2,1-2H3. The molecule has 0 saturated carbocycles. The molecule has 1 atom stereocenters. The number of nitrogens with one attached hydrogen (secondary N) is 1. The van der Waals surface area contributed by atoms with Gasteiger partial charge < -0.3 is 4.98 Å². The van der Waals surface area contributed by atoms with Crippen LogP contribution in [0.5, 0.6) is 0 Å². The summed E-state index contributed by atoms with van der Waals surface area (Å²) in [6.07, 6.45) is 5.93. The first-order valence-electron chi connectivity index (χ1n) is 4.48. The average Bonchev–Trinajstić information content (AvgIpc) is 2.52. The second-order valence-corrected chi connectivity index (χ2v) is 3.17. The molecular weight excluding hydrogens is 134 g/mol. The van der Waals surface area contributed by atoms with Gasteiger partial charge in [0.1, 0.15) is 0 Å². The van der Waals surface area contributed by atoms with E-state index in [-0.39, 0.29) is 0 Å². The third-order valence-corrected chi connectivity index (χ3v) is 2.14. The van der Waals surface area contributed by atoms with Crippen molar-refractivity contribution in [3.63, 3.8) is 0 Å². The smallest absolute Gasteiger partial charge is 0.0175 e. The lowest BCUT2D eigenvalue weighted by Crippen LogP contribution is -1.92. The van der Waals surface area contributed by atoms with E-state index in [0.717, 1.165) is 0 Å². The van der Waals surface area contributed by atoms with Crippen molar-refractivity contribution in [3.05, 3.63) is 24.0 Å². The Balaban J connectivity index is 2.36. The Bertz CT molecular complexity index is 177. The van der Waals surface area contributed by atoms with Crippen molar-refractivity contribution in [2.75, 3.05) is 0 Å². The molecule has 1 heterocycles. The number of hydrogen-bond acceptors (Lipinski definition) is 0. The minimum atomic E-state index is 0.699. The molecule has 1 N–H and O–H groups in total. The van der Waals surface area contributed by atoms with E-state index in [1.165, 1.54) is 25.0 Å². The van der Waals surface area contributed by atoms with E-state index in [0.29, 0.717) is 5.92 Å². The first-order chi connectivity index (χ1) is 5.34. The Morgan fingerprint density at radius 3 is 2.91 bits per heavy atom. The number of hydrogen-bond donors (Lipinski definition) is 1. The maximum Gasteiger partial charge on any atom is 0.0175 e. The minimum Gasteiger partial charge on any atom is -0.365 e. The third-order valence-electron chi connectivity index (χ3n) is 2.14. The van der Waals surface area contributed by atoms with Gasteiger partial charge >= 0.3 is 0 Å². The normalized spacial score (nSPS) is 13.3. The lowest BCUT2D eigenvalue weighted by atomic mass is 10.0. The molecule has 11 heavy (non-hydrogen) atoms. The van der Waals surface area contributed by atoms with Gasteiger partial charge in [-0.3, -0.25) is 0 Å². The summed E-state index contributed by atoms with van der Waals surface area (Å²) >= 11 is 0. The number of H-pyrrole nitrogens is 1. The van der Waals surface area contributed by atoms with E-state index in [2.05, 4.69) is 31.0 Å². The van der Waals surface area contributed by atoms with Gasteiger partial charge in [0.25, 0.3) is 0 Å². The van der Waals surface area contributed by atoms with Crippen LogP contribution < -0.4 is 0 Å². The lowest BCUT2D eigenvalue weighted by Gasteiger charge is -2.07. The van der Waals surface area contributed by atoms with Gasteiger partial charge in [0.05, 0.1) is 0 Å². The Kier molecular flexibility index (Phi) is 3.21. The number of unbranched alkanes of at least 4 members (excludes halogenated alkanes) is 1. The van der Waals surface area contributed by atoms with Gasteiger partial charge in [0.2, 0.25) is 0 Å². The molecule has 0 bridgehead atoms. The molecule has 0 spiro atoms. The molecule has 0 radical (unpaired) electrons. The van der Waals surface area contributed by atoms with Crippen LogP contribution in [-0.4, -0.2) is 4.98 Å². The van der Waals surface area contributed by atoms with Crippen LogP contribution in [0.3, 0.4) is 0 Å². The third kappa shape index (κ3) is 2.41. The molecule has 0 fully saturated rings. The minimum absolute atomic E-state index is 0.699. The van der Waals surface area contributed by atoms with Crippen LogP contribution in [0.4, 0.5) is 0 Å². The summed E-state index contributed by atoms with van der Waals surface area (Å²) in [5.74, 6) is 0.699. The molecule has 62 valence electrons.